The highest BCUT2D eigenvalue weighted by Gasteiger charge is 2.24. The Bertz CT molecular complexity index is 718. The molecule has 1 aromatic heterocycles. The van der Waals surface area contributed by atoms with Crippen LogP contribution < -0.4 is 15.4 Å². The number of benzene rings is 1. The molecule has 1 atom stereocenters. The number of piperidine rings is 1. The number of anilines is 2. The summed E-state index contributed by atoms with van der Waals surface area (Å²) in [7, 11) is 1.65. The van der Waals surface area contributed by atoms with Crippen molar-refractivity contribution >= 4 is 17.5 Å². The third kappa shape index (κ3) is 4.41. The smallest absolute Gasteiger partial charge is 0.257 e. The average molecular weight is 355 g/mol. The third-order valence-electron chi connectivity index (χ3n) is 4.40. The minimum absolute atomic E-state index is 0.0192. The highest BCUT2D eigenvalue weighted by Crippen LogP contribution is 2.20. The Morgan fingerprint density at radius 3 is 2.65 bits per heavy atom. The summed E-state index contributed by atoms with van der Waals surface area (Å²) >= 11 is 0. The Kier molecular flexibility index (Phi) is 5.88. The van der Waals surface area contributed by atoms with E-state index in [2.05, 4.69) is 20.6 Å². The number of nitrogens with one attached hydrogen (secondary N) is 2. The summed E-state index contributed by atoms with van der Waals surface area (Å²) in [5, 5.41) is 6.53. The van der Waals surface area contributed by atoms with E-state index >= 15 is 0 Å². The third-order valence-corrected chi connectivity index (χ3v) is 4.40. The molecule has 26 heavy (non-hydrogen) atoms. The zero-order chi connectivity index (χ0) is 18.4. The Morgan fingerprint density at radius 1 is 1.27 bits per heavy atom. The number of carbonyl (C=O) groups is 1. The minimum Gasteiger partial charge on any atom is -0.497 e. The topological polar surface area (TPSA) is 79.4 Å². The Morgan fingerprint density at radius 2 is 2.00 bits per heavy atom. The monoisotopic (exact) mass is 355 g/mol. The van der Waals surface area contributed by atoms with Gasteiger partial charge in [0.2, 0.25) is 5.95 Å². The van der Waals surface area contributed by atoms with Gasteiger partial charge in [-0.05, 0) is 44.0 Å². The van der Waals surface area contributed by atoms with Crippen molar-refractivity contribution in [2.24, 2.45) is 0 Å². The van der Waals surface area contributed by atoms with Crippen molar-refractivity contribution in [3.05, 3.63) is 42.2 Å². The van der Waals surface area contributed by atoms with Crippen molar-refractivity contribution < 1.29 is 9.53 Å². The molecule has 1 fully saturated rings. The van der Waals surface area contributed by atoms with Crippen LogP contribution in [0, 0.1) is 0 Å². The lowest BCUT2D eigenvalue weighted by molar-refractivity contribution is 0.0714. The number of likely N-dealkylation sites (tertiary alicyclic amines) is 1. The first kappa shape index (κ1) is 18.0. The molecule has 1 saturated heterocycles. The number of nitrogens with zero attached hydrogens (tertiary/aromatic N) is 3. The van der Waals surface area contributed by atoms with E-state index < -0.39 is 0 Å². The van der Waals surface area contributed by atoms with Gasteiger partial charge < -0.3 is 20.3 Å². The van der Waals surface area contributed by atoms with Crippen molar-refractivity contribution in [2.75, 3.05) is 37.4 Å². The van der Waals surface area contributed by atoms with Crippen molar-refractivity contribution in [2.45, 2.75) is 25.8 Å². The van der Waals surface area contributed by atoms with E-state index in [-0.39, 0.29) is 11.9 Å². The van der Waals surface area contributed by atoms with E-state index in [0.717, 1.165) is 37.4 Å². The van der Waals surface area contributed by atoms with Crippen molar-refractivity contribution in [3.8, 4) is 5.75 Å². The summed E-state index contributed by atoms with van der Waals surface area (Å²) in [5.74, 6) is 1.35. The maximum atomic E-state index is 12.7. The van der Waals surface area contributed by atoms with E-state index in [9.17, 15) is 4.79 Å². The number of ether oxygens (including phenoxy) is 1. The maximum Gasteiger partial charge on any atom is 0.257 e. The molecule has 7 nitrogen and oxygen atoms in total. The summed E-state index contributed by atoms with van der Waals surface area (Å²) in [5.41, 5.74) is 1.56. The zero-order valence-corrected chi connectivity index (χ0v) is 15.2. The molecule has 7 heteroatoms. The fourth-order valence-electron chi connectivity index (χ4n) is 3.07. The second-order valence-corrected chi connectivity index (χ2v) is 6.29. The normalized spacial score (nSPS) is 16.8. The summed E-state index contributed by atoms with van der Waals surface area (Å²) in [6, 6.07) is 8.07. The molecular weight excluding hydrogens is 330 g/mol. The van der Waals surface area contributed by atoms with Crippen molar-refractivity contribution in [3.63, 3.8) is 0 Å². The largest absolute Gasteiger partial charge is 0.497 e. The van der Waals surface area contributed by atoms with E-state index in [1.54, 1.807) is 19.5 Å². The van der Waals surface area contributed by atoms with Crippen LogP contribution in [0.15, 0.2) is 36.7 Å². The van der Waals surface area contributed by atoms with Crippen molar-refractivity contribution in [1.29, 1.82) is 0 Å². The number of hydrogen-bond acceptors (Lipinski definition) is 6. The van der Waals surface area contributed by atoms with Gasteiger partial charge >= 0.3 is 0 Å². The molecule has 1 aliphatic heterocycles. The van der Waals surface area contributed by atoms with Crippen LogP contribution in [0.3, 0.4) is 0 Å². The number of methoxy groups -OCH3 is 1. The molecule has 2 aromatic rings. The van der Waals surface area contributed by atoms with Gasteiger partial charge in [0.25, 0.3) is 5.91 Å². The molecule has 0 bridgehead atoms. The predicted octanol–water partition coefficient (Wildman–Crippen LogP) is 2.63. The molecule has 2 heterocycles. The van der Waals surface area contributed by atoms with Gasteiger partial charge in [0.15, 0.2) is 0 Å². The van der Waals surface area contributed by atoms with E-state index in [1.165, 1.54) is 0 Å². The van der Waals surface area contributed by atoms with Gasteiger partial charge in [-0.15, -0.1) is 0 Å². The number of amides is 1. The molecule has 2 N–H and O–H groups in total. The molecule has 0 aliphatic carbocycles. The summed E-state index contributed by atoms with van der Waals surface area (Å²) in [4.78, 5) is 23.0. The van der Waals surface area contributed by atoms with Gasteiger partial charge in [0, 0.05) is 43.8 Å². The number of hydrogen-bond donors (Lipinski definition) is 2. The van der Waals surface area contributed by atoms with Crippen LogP contribution in [0.1, 0.15) is 30.1 Å². The molecule has 0 unspecified atom stereocenters. The molecule has 0 saturated carbocycles. The number of carbonyl (C=O) groups excluding carboxylic acids is 1. The van der Waals surface area contributed by atoms with Crippen LogP contribution in [0.2, 0.25) is 0 Å². The minimum atomic E-state index is -0.0192. The summed E-state index contributed by atoms with van der Waals surface area (Å²) in [6.07, 6.45) is 5.18. The van der Waals surface area contributed by atoms with E-state index in [4.69, 9.17) is 4.74 Å². The molecule has 1 aromatic carbocycles. The Hall–Kier alpha value is -2.83. The molecule has 138 valence electrons. The highest BCUT2D eigenvalue weighted by atomic mass is 16.5. The highest BCUT2D eigenvalue weighted by molar-refractivity contribution is 5.93. The fourth-order valence-corrected chi connectivity index (χ4v) is 3.07. The Labute approximate surface area is 153 Å². The van der Waals surface area contributed by atoms with Gasteiger partial charge in [0.05, 0.1) is 12.7 Å². The first-order valence-corrected chi connectivity index (χ1v) is 8.95. The molecular formula is C19H25N5O2. The fraction of sp³-hybridized carbons (Fsp3) is 0.421. The van der Waals surface area contributed by atoms with E-state index in [1.807, 2.05) is 36.1 Å². The lowest BCUT2D eigenvalue weighted by atomic mass is 10.0. The second-order valence-electron chi connectivity index (χ2n) is 6.29. The van der Waals surface area contributed by atoms with Crippen LogP contribution in [-0.2, 0) is 0 Å². The van der Waals surface area contributed by atoms with E-state index in [0.29, 0.717) is 18.1 Å². The standard InChI is InChI=1S/C19H25N5O2/c1-3-20-19-21-11-14(12-22-19)18(25)24-10-4-5-16(13-24)23-15-6-8-17(26-2)9-7-15/h6-9,11-12,16,23H,3-5,10,13H2,1-2H3,(H,20,21,22)/t16-/m1/s1. The van der Waals surface area contributed by atoms with Gasteiger partial charge in [-0.2, -0.15) is 0 Å². The molecule has 0 radical (unpaired) electrons. The molecule has 0 spiro atoms. The molecule has 1 aliphatic rings. The average Bonchev–Trinajstić information content (AvgIpc) is 2.69. The van der Waals surface area contributed by atoms with Crippen LogP contribution in [0.25, 0.3) is 0 Å². The molecule has 3 rings (SSSR count). The zero-order valence-electron chi connectivity index (χ0n) is 15.2. The maximum absolute atomic E-state index is 12.7. The van der Waals surface area contributed by atoms with Gasteiger partial charge in [-0.3, -0.25) is 4.79 Å². The SMILES string of the molecule is CCNc1ncc(C(=O)N2CCC[C@@H](Nc3ccc(OC)cc3)C2)cn1. The lowest BCUT2D eigenvalue weighted by Gasteiger charge is -2.33. The lowest BCUT2D eigenvalue weighted by Crippen LogP contribution is -2.45. The van der Waals surface area contributed by atoms with Crippen LogP contribution in [0.5, 0.6) is 5.75 Å². The van der Waals surface area contributed by atoms with Gasteiger partial charge in [-0.25, -0.2) is 9.97 Å². The quantitative estimate of drug-likeness (QED) is 0.829. The van der Waals surface area contributed by atoms with Crippen molar-refractivity contribution in [1.82, 2.24) is 14.9 Å². The molecule has 1 amide bonds. The Balaban J connectivity index is 1.60. The summed E-state index contributed by atoms with van der Waals surface area (Å²) in [6.45, 7) is 4.15. The first-order valence-electron chi connectivity index (χ1n) is 8.95. The van der Waals surface area contributed by atoms with Crippen LogP contribution >= 0.6 is 0 Å². The first-order chi connectivity index (χ1) is 12.7. The van der Waals surface area contributed by atoms with Gasteiger partial charge in [-0.1, -0.05) is 0 Å². The second kappa shape index (κ2) is 8.51. The number of aromatic nitrogens is 2. The predicted molar refractivity (Wildman–Crippen MR) is 102 cm³/mol. The summed E-state index contributed by atoms with van der Waals surface area (Å²) < 4.78 is 5.18. The van der Waals surface area contributed by atoms with Crippen LogP contribution in [0.4, 0.5) is 11.6 Å². The van der Waals surface area contributed by atoms with Crippen LogP contribution in [-0.4, -0.2) is 53.6 Å². The number of rotatable bonds is 6. The van der Waals surface area contributed by atoms with Gasteiger partial charge in [0.1, 0.15) is 5.75 Å².